The van der Waals surface area contributed by atoms with Crippen LogP contribution in [0.25, 0.3) is 11.1 Å². The zero-order chi connectivity index (χ0) is 29.4. The first kappa shape index (κ1) is 27.9. The number of hydrogen-bond donors (Lipinski definition) is 2. The third kappa shape index (κ3) is 5.73. The second-order valence-corrected chi connectivity index (χ2v) is 11.5. The first-order chi connectivity index (χ1) is 20.2. The van der Waals surface area contributed by atoms with Crippen LogP contribution >= 0.6 is 0 Å². The van der Waals surface area contributed by atoms with E-state index in [9.17, 15) is 23.2 Å². The predicted molar refractivity (Wildman–Crippen MR) is 153 cm³/mol. The highest BCUT2D eigenvalue weighted by Crippen LogP contribution is 2.47. The van der Waals surface area contributed by atoms with E-state index in [1.54, 1.807) is 23.1 Å². The molecule has 2 saturated carbocycles. The molecule has 1 heterocycles. The number of amides is 3. The normalized spacial score (nSPS) is 20.6. The van der Waals surface area contributed by atoms with E-state index in [1.165, 1.54) is 12.7 Å². The minimum Gasteiger partial charge on any atom is -0.465 e. The summed E-state index contributed by atoms with van der Waals surface area (Å²) in [5.41, 5.74) is 6.25. The maximum Gasteiger partial charge on any atom is 0.337 e. The fourth-order valence-electron chi connectivity index (χ4n) is 6.18. The molecule has 0 spiro atoms. The van der Waals surface area contributed by atoms with Crippen molar-refractivity contribution < 1.29 is 27.9 Å². The molecular weight excluding hydrogens is 540 g/mol. The molecule has 3 aliphatic rings. The van der Waals surface area contributed by atoms with Crippen LogP contribution in [0.2, 0.25) is 0 Å². The van der Waals surface area contributed by atoms with Gasteiger partial charge in [0.05, 0.1) is 12.7 Å². The van der Waals surface area contributed by atoms with Crippen molar-refractivity contribution in [3.63, 3.8) is 0 Å². The molecule has 1 aliphatic heterocycles. The second-order valence-electron chi connectivity index (χ2n) is 11.5. The van der Waals surface area contributed by atoms with Gasteiger partial charge in [0.25, 0.3) is 5.92 Å². The number of halogens is 2. The lowest BCUT2D eigenvalue weighted by Crippen LogP contribution is -2.54. The molecule has 9 heteroatoms. The van der Waals surface area contributed by atoms with Crippen molar-refractivity contribution in [1.82, 2.24) is 15.5 Å². The van der Waals surface area contributed by atoms with E-state index >= 15 is 0 Å². The molecule has 7 nitrogen and oxygen atoms in total. The molecule has 0 unspecified atom stereocenters. The van der Waals surface area contributed by atoms with Gasteiger partial charge in [0.2, 0.25) is 5.91 Å². The summed E-state index contributed by atoms with van der Waals surface area (Å²) in [5, 5.41) is 5.85. The Kier molecular flexibility index (Phi) is 7.43. The SMILES string of the molecule is COC(=O)c1cccc(-c2ccc(CNC(=O)[C@H]3C[C@H]3c3ccccc3)c3c2CCN(C(=O)NC2CC(F)(F)C2)C3)c1. The molecule has 42 heavy (non-hydrogen) atoms. The molecule has 2 N–H and O–H groups in total. The van der Waals surface area contributed by atoms with Crippen molar-refractivity contribution in [1.29, 1.82) is 0 Å². The molecule has 0 bridgehead atoms. The smallest absolute Gasteiger partial charge is 0.337 e. The largest absolute Gasteiger partial charge is 0.465 e. The van der Waals surface area contributed by atoms with E-state index in [2.05, 4.69) is 10.6 Å². The molecule has 3 aromatic carbocycles. The van der Waals surface area contributed by atoms with E-state index in [4.69, 9.17) is 4.74 Å². The van der Waals surface area contributed by atoms with Crippen LogP contribution in [-0.2, 0) is 29.0 Å². The molecule has 218 valence electrons. The van der Waals surface area contributed by atoms with Crippen LogP contribution in [0.5, 0.6) is 0 Å². The van der Waals surface area contributed by atoms with E-state index in [0.717, 1.165) is 34.2 Å². The first-order valence-electron chi connectivity index (χ1n) is 14.3. The van der Waals surface area contributed by atoms with Crippen LogP contribution in [0.3, 0.4) is 0 Å². The molecule has 2 aliphatic carbocycles. The van der Waals surface area contributed by atoms with Crippen LogP contribution in [0, 0.1) is 5.92 Å². The van der Waals surface area contributed by atoms with E-state index < -0.39 is 17.9 Å². The van der Waals surface area contributed by atoms with Crippen molar-refractivity contribution in [2.75, 3.05) is 13.7 Å². The Labute approximate surface area is 243 Å². The Morgan fingerprint density at radius 1 is 1.00 bits per heavy atom. The average Bonchev–Trinajstić information content (AvgIpc) is 3.80. The van der Waals surface area contributed by atoms with Crippen molar-refractivity contribution in [3.05, 3.63) is 94.5 Å². The highest BCUT2D eigenvalue weighted by Gasteiger charge is 2.46. The predicted octanol–water partition coefficient (Wildman–Crippen LogP) is 5.43. The van der Waals surface area contributed by atoms with Crippen LogP contribution in [0.1, 0.15) is 57.8 Å². The zero-order valence-electron chi connectivity index (χ0n) is 23.4. The molecule has 0 saturated heterocycles. The summed E-state index contributed by atoms with van der Waals surface area (Å²) in [6, 6.07) is 20.3. The fraction of sp³-hybridized carbons (Fsp3) is 0.364. The summed E-state index contributed by atoms with van der Waals surface area (Å²) in [6.07, 6.45) is 0.679. The number of rotatable bonds is 7. The van der Waals surface area contributed by atoms with E-state index in [1.807, 2.05) is 48.5 Å². The summed E-state index contributed by atoms with van der Waals surface area (Å²) >= 11 is 0. The Balaban J connectivity index is 1.23. The number of urea groups is 1. The van der Waals surface area contributed by atoms with Crippen molar-refractivity contribution in [2.24, 2.45) is 5.92 Å². The minimum absolute atomic E-state index is 0.00350. The maximum absolute atomic E-state index is 13.3. The second kappa shape index (κ2) is 11.2. The molecule has 0 radical (unpaired) electrons. The molecule has 2 fully saturated rings. The Bertz CT molecular complexity index is 1520. The van der Waals surface area contributed by atoms with Gasteiger partial charge in [0, 0.05) is 44.4 Å². The van der Waals surface area contributed by atoms with E-state index in [0.29, 0.717) is 25.1 Å². The van der Waals surface area contributed by atoms with Gasteiger partial charge in [0.1, 0.15) is 0 Å². The average molecular weight is 574 g/mol. The zero-order valence-corrected chi connectivity index (χ0v) is 23.4. The van der Waals surface area contributed by atoms with E-state index in [-0.39, 0.29) is 43.2 Å². The molecule has 0 aromatic heterocycles. The van der Waals surface area contributed by atoms with Gasteiger partial charge in [-0.05, 0) is 64.3 Å². The first-order valence-corrected chi connectivity index (χ1v) is 14.3. The summed E-state index contributed by atoms with van der Waals surface area (Å²) in [6.45, 7) is 1.02. The van der Waals surface area contributed by atoms with Gasteiger partial charge < -0.3 is 20.3 Å². The quantitative estimate of drug-likeness (QED) is 0.370. The Morgan fingerprint density at radius 2 is 1.79 bits per heavy atom. The third-order valence-electron chi connectivity index (χ3n) is 8.62. The van der Waals surface area contributed by atoms with Gasteiger partial charge in [-0.25, -0.2) is 18.4 Å². The number of hydrogen-bond acceptors (Lipinski definition) is 4. The number of carbonyl (C=O) groups excluding carboxylic acids is 3. The lowest BCUT2D eigenvalue weighted by atomic mass is 9.87. The molecule has 6 rings (SSSR count). The highest BCUT2D eigenvalue weighted by molar-refractivity contribution is 5.91. The number of nitrogens with one attached hydrogen (secondary N) is 2. The van der Waals surface area contributed by atoms with Gasteiger partial charge in [0.15, 0.2) is 0 Å². The summed E-state index contributed by atoms with van der Waals surface area (Å²) < 4.78 is 31.6. The van der Waals surface area contributed by atoms with Gasteiger partial charge in [-0.2, -0.15) is 0 Å². The number of benzene rings is 3. The van der Waals surface area contributed by atoms with Crippen LogP contribution in [-0.4, -0.2) is 48.4 Å². The van der Waals surface area contributed by atoms with Gasteiger partial charge in [-0.15, -0.1) is 0 Å². The number of carbonyl (C=O) groups is 3. The third-order valence-corrected chi connectivity index (χ3v) is 8.62. The Morgan fingerprint density at radius 3 is 2.52 bits per heavy atom. The number of ether oxygens (including phenoxy) is 1. The van der Waals surface area contributed by atoms with Gasteiger partial charge in [-0.1, -0.05) is 54.6 Å². The maximum atomic E-state index is 13.3. The fourth-order valence-corrected chi connectivity index (χ4v) is 6.18. The molecule has 3 amide bonds. The standard InChI is InChI=1S/C33H33F2N3O4/c1-42-31(40)22-9-5-8-21(14-22)25-11-10-23(18-36-30(39)28-15-27(28)20-6-3-2-4-7-20)29-19-38(13-12-26(25)29)32(41)37-24-16-33(34,35)17-24/h2-11,14,24,27-28H,12-13,15-19H2,1H3,(H,36,39)(H,37,41)/t27-,28-/m0/s1. The summed E-state index contributed by atoms with van der Waals surface area (Å²) in [7, 11) is 1.34. The summed E-state index contributed by atoms with van der Waals surface area (Å²) in [4.78, 5) is 39.9. The molecule has 3 aromatic rings. The number of methoxy groups -OCH3 is 1. The van der Waals surface area contributed by atoms with Crippen molar-refractivity contribution >= 4 is 17.9 Å². The Hall–Kier alpha value is -4.27. The lowest BCUT2D eigenvalue weighted by molar-refractivity contribution is -0.122. The topological polar surface area (TPSA) is 87.7 Å². The van der Waals surface area contributed by atoms with Crippen molar-refractivity contribution in [3.8, 4) is 11.1 Å². The number of alkyl halides is 2. The monoisotopic (exact) mass is 573 g/mol. The number of nitrogens with zero attached hydrogens (tertiary/aromatic N) is 1. The summed E-state index contributed by atoms with van der Waals surface area (Å²) in [5.74, 6) is -2.98. The number of fused-ring (bicyclic) bond motifs is 1. The van der Waals surface area contributed by atoms with Crippen LogP contribution < -0.4 is 10.6 Å². The molecule has 2 atom stereocenters. The van der Waals surface area contributed by atoms with Gasteiger partial charge >= 0.3 is 12.0 Å². The molecular formula is C33H33F2N3O4. The van der Waals surface area contributed by atoms with Crippen molar-refractivity contribution in [2.45, 2.75) is 56.7 Å². The number of esters is 1. The minimum atomic E-state index is -2.72. The highest BCUT2D eigenvalue weighted by atomic mass is 19.3. The van der Waals surface area contributed by atoms with Crippen LogP contribution in [0.4, 0.5) is 13.6 Å². The van der Waals surface area contributed by atoms with Gasteiger partial charge in [-0.3, -0.25) is 4.79 Å². The lowest BCUT2D eigenvalue weighted by Gasteiger charge is -2.38. The van der Waals surface area contributed by atoms with Crippen LogP contribution in [0.15, 0.2) is 66.7 Å².